The van der Waals surface area contributed by atoms with Crippen LogP contribution in [0.5, 0.6) is 0 Å². The summed E-state index contributed by atoms with van der Waals surface area (Å²) in [5.74, 6) is -0.732. The molecule has 1 aliphatic rings. The lowest BCUT2D eigenvalue weighted by molar-refractivity contribution is -0.136. The molecule has 1 saturated heterocycles. The van der Waals surface area contributed by atoms with E-state index in [0.29, 0.717) is 31.7 Å². The van der Waals surface area contributed by atoms with Crippen LogP contribution in [0.1, 0.15) is 26.5 Å². The Labute approximate surface area is 186 Å². The number of carbonyl (C=O) groups is 3. The second-order valence-corrected chi connectivity index (χ2v) is 7.64. The monoisotopic (exact) mass is 432 g/mol. The number of hydrogen-bond acceptors (Lipinski definition) is 5. The summed E-state index contributed by atoms with van der Waals surface area (Å²) < 4.78 is 10.5. The molecule has 0 radical (unpaired) electrons. The summed E-state index contributed by atoms with van der Waals surface area (Å²) in [5, 5.41) is 0. The zero-order valence-corrected chi connectivity index (χ0v) is 17.8. The molecule has 0 N–H and O–H groups in total. The standard InChI is InChI=1S/C25H24N2O5/c1-18-8-10-19(11-9-18)20-5-2-3-6-21(20)25(30)32-17-23(28)26-12-14-27(15-13-26)24(29)22-7-4-16-31-22/h2-11,16H,12-15,17H2,1H3. The van der Waals surface area contributed by atoms with Gasteiger partial charge in [-0.3, -0.25) is 9.59 Å². The highest BCUT2D eigenvalue weighted by Crippen LogP contribution is 2.24. The maximum absolute atomic E-state index is 12.7. The molecule has 0 spiro atoms. The van der Waals surface area contributed by atoms with Crippen molar-refractivity contribution in [2.24, 2.45) is 0 Å². The van der Waals surface area contributed by atoms with Crippen LogP contribution in [-0.4, -0.2) is 60.4 Å². The Kier molecular flexibility index (Phi) is 6.35. The Morgan fingerprint density at radius 1 is 0.875 bits per heavy atom. The van der Waals surface area contributed by atoms with E-state index in [1.54, 1.807) is 34.1 Å². The number of esters is 1. The van der Waals surface area contributed by atoms with Gasteiger partial charge in [-0.2, -0.15) is 0 Å². The van der Waals surface area contributed by atoms with Gasteiger partial charge >= 0.3 is 5.97 Å². The van der Waals surface area contributed by atoms with E-state index in [-0.39, 0.29) is 24.2 Å². The highest BCUT2D eigenvalue weighted by molar-refractivity contribution is 5.98. The number of nitrogens with zero attached hydrogens (tertiary/aromatic N) is 2. The fraction of sp³-hybridized carbons (Fsp3) is 0.240. The zero-order chi connectivity index (χ0) is 22.5. The molecule has 0 atom stereocenters. The summed E-state index contributed by atoms with van der Waals surface area (Å²) >= 11 is 0. The number of amides is 2. The third-order valence-corrected chi connectivity index (χ3v) is 5.49. The van der Waals surface area contributed by atoms with Crippen molar-refractivity contribution in [1.82, 2.24) is 9.80 Å². The van der Waals surface area contributed by atoms with E-state index in [1.807, 2.05) is 43.3 Å². The topological polar surface area (TPSA) is 80.1 Å². The van der Waals surface area contributed by atoms with Crippen LogP contribution in [0.15, 0.2) is 71.3 Å². The fourth-order valence-electron chi connectivity index (χ4n) is 3.66. The van der Waals surface area contributed by atoms with Gasteiger partial charge in [-0.25, -0.2) is 4.79 Å². The Morgan fingerprint density at radius 2 is 1.56 bits per heavy atom. The molecule has 1 fully saturated rings. The van der Waals surface area contributed by atoms with Crippen molar-refractivity contribution in [1.29, 1.82) is 0 Å². The molecule has 3 aromatic rings. The smallest absolute Gasteiger partial charge is 0.339 e. The first-order valence-corrected chi connectivity index (χ1v) is 10.5. The number of hydrogen-bond donors (Lipinski definition) is 0. The SMILES string of the molecule is Cc1ccc(-c2ccccc2C(=O)OCC(=O)N2CCN(C(=O)c3ccco3)CC2)cc1. The lowest BCUT2D eigenvalue weighted by atomic mass is 9.99. The van der Waals surface area contributed by atoms with Crippen LogP contribution in [0.4, 0.5) is 0 Å². The summed E-state index contributed by atoms with van der Waals surface area (Å²) in [6.45, 7) is 3.21. The van der Waals surface area contributed by atoms with Crippen LogP contribution in [0.25, 0.3) is 11.1 Å². The Hall–Kier alpha value is -3.87. The minimum atomic E-state index is -0.541. The van der Waals surface area contributed by atoms with E-state index in [1.165, 1.54) is 6.26 Å². The first-order chi connectivity index (χ1) is 15.5. The minimum Gasteiger partial charge on any atom is -0.459 e. The maximum Gasteiger partial charge on any atom is 0.339 e. The van der Waals surface area contributed by atoms with E-state index < -0.39 is 5.97 Å². The van der Waals surface area contributed by atoms with Gasteiger partial charge in [0.25, 0.3) is 11.8 Å². The number of rotatable bonds is 5. The van der Waals surface area contributed by atoms with Crippen LogP contribution in [-0.2, 0) is 9.53 Å². The predicted octanol–water partition coefficient (Wildman–Crippen LogP) is 3.40. The molecule has 1 aliphatic heterocycles. The van der Waals surface area contributed by atoms with Crippen LogP contribution in [0.2, 0.25) is 0 Å². The van der Waals surface area contributed by atoms with Crippen LogP contribution in [0, 0.1) is 6.92 Å². The normalized spacial score (nSPS) is 13.7. The van der Waals surface area contributed by atoms with Gasteiger partial charge in [-0.1, -0.05) is 48.0 Å². The molecule has 4 rings (SSSR count). The van der Waals surface area contributed by atoms with Crippen molar-refractivity contribution >= 4 is 17.8 Å². The van der Waals surface area contributed by atoms with Crippen molar-refractivity contribution in [2.45, 2.75) is 6.92 Å². The van der Waals surface area contributed by atoms with Gasteiger partial charge < -0.3 is 19.0 Å². The van der Waals surface area contributed by atoms with E-state index >= 15 is 0 Å². The van der Waals surface area contributed by atoms with Crippen LogP contribution in [0.3, 0.4) is 0 Å². The highest BCUT2D eigenvalue weighted by atomic mass is 16.5. The zero-order valence-electron chi connectivity index (χ0n) is 17.8. The number of aryl methyl sites for hydroxylation is 1. The van der Waals surface area contributed by atoms with Gasteiger partial charge in [-0.15, -0.1) is 0 Å². The molecule has 0 aliphatic carbocycles. The van der Waals surface area contributed by atoms with Gasteiger partial charge in [0.2, 0.25) is 0 Å². The Balaban J connectivity index is 1.33. The quantitative estimate of drug-likeness (QED) is 0.578. The van der Waals surface area contributed by atoms with E-state index in [9.17, 15) is 14.4 Å². The lowest BCUT2D eigenvalue weighted by Crippen LogP contribution is -2.51. The van der Waals surface area contributed by atoms with E-state index in [0.717, 1.165) is 16.7 Å². The molecule has 7 nitrogen and oxygen atoms in total. The molecule has 0 bridgehead atoms. The summed E-state index contributed by atoms with van der Waals surface area (Å²) in [5.41, 5.74) is 3.21. The number of benzene rings is 2. The fourth-order valence-corrected chi connectivity index (χ4v) is 3.66. The molecule has 32 heavy (non-hydrogen) atoms. The largest absolute Gasteiger partial charge is 0.459 e. The third-order valence-electron chi connectivity index (χ3n) is 5.49. The molecule has 0 saturated carbocycles. The predicted molar refractivity (Wildman–Crippen MR) is 118 cm³/mol. The van der Waals surface area contributed by atoms with Gasteiger partial charge in [0, 0.05) is 26.2 Å². The molecule has 0 unspecified atom stereocenters. The minimum absolute atomic E-state index is 0.193. The molecular formula is C25H24N2O5. The van der Waals surface area contributed by atoms with E-state index in [2.05, 4.69) is 0 Å². The van der Waals surface area contributed by atoms with Gasteiger partial charge in [0.05, 0.1) is 11.8 Å². The Morgan fingerprint density at radius 3 is 2.25 bits per heavy atom. The van der Waals surface area contributed by atoms with Crippen LogP contribution < -0.4 is 0 Å². The molecule has 2 aromatic carbocycles. The summed E-state index contributed by atoms with van der Waals surface area (Å²) in [6.07, 6.45) is 1.46. The molecule has 1 aromatic heterocycles. The Bertz CT molecular complexity index is 1100. The number of furan rings is 1. The summed E-state index contributed by atoms with van der Waals surface area (Å²) in [4.78, 5) is 40.9. The second-order valence-electron chi connectivity index (χ2n) is 7.64. The maximum atomic E-state index is 12.7. The molecule has 164 valence electrons. The molecule has 2 heterocycles. The van der Waals surface area contributed by atoms with Crippen molar-refractivity contribution in [3.63, 3.8) is 0 Å². The van der Waals surface area contributed by atoms with Crippen molar-refractivity contribution < 1.29 is 23.5 Å². The molecular weight excluding hydrogens is 408 g/mol. The van der Waals surface area contributed by atoms with Gasteiger partial charge in [0.1, 0.15) is 0 Å². The first kappa shape index (κ1) is 21.4. The third kappa shape index (κ3) is 4.72. The molecule has 2 amide bonds. The second kappa shape index (κ2) is 9.51. The lowest BCUT2D eigenvalue weighted by Gasteiger charge is -2.34. The average Bonchev–Trinajstić information content (AvgIpc) is 3.37. The number of ether oxygens (including phenoxy) is 1. The average molecular weight is 432 g/mol. The summed E-state index contributed by atoms with van der Waals surface area (Å²) in [7, 11) is 0. The summed E-state index contributed by atoms with van der Waals surface area (Å²) in [6, 6.07) is 18.3. The van der Waals surface area contributed by atoms with Crippen molar-refractivity contribution in [3.8, 4) is 11.1 Å². The first-order valence-electron chi connectivity index (χ1n) is 10.5. The van der Waals surface area contributed by atoms with Crippen molar-refractivity contribution in [2.75, 3.05) is 32.8 Å². The van der Waals surface area contributed by atoms with E-state index in [4.69, 9.17) is 9.15 Å². The van der Waals surface area contributed by atoms with Gasteiger partial charge in [0.15, 0.2) is 12.4 Å². The number of carbonyl (C=O) groups excluding carboxylic acids is 3. The molecule has 7 heteroatoms. The highest BCUT2D eigenvalue weighted by Gasteiger charge is 2.26. The van der Waals surface area contributed by atoms with Crippen LogP contribution >= 0.6 is 0 Å². The number of piperazine rings is 1. The van der Waals surface area contributed by atoms with Gasteiger partial charge in [-0.05, 0) is 36.2 Å². The van der Waals surface area contributed by atoms with Crippen molar-refractivity contribution in [3.05, 3.63) is 83.8 Å².